The van der Waals surface area contributed by atoms with Gasteiger partial charge in [0.2, 0.25) is 11.8 Å². The molecule has 1 aromatic rings. The number of aryl methyl sites for hydroxylation is 1. The van der Waals surface area contributed by atoms with Crippen LogP contribution >= 0.6 is 0 Å². The Bertz CT molecular complexity index is 648. The molecule has 25 heavy (non-hydrogen) atoms. The molecule has 0 spiro atoms. The van der Waals surface area contributed by atoms with Crippen LogP contribution in [0, 0.1) is 5.41 Å². The molecule has 5 nitrogen and oxygen atoms in total. The summed E-state index contributed by atoms with van der Waals surface area (Å²) in [5.41, 5.74) is 1.14. The standard InChI is InChI=1S/C20H29N3O2/c1-4-21-12-14-22(15-13-21)18(24)20(2,3)19(25)23-11-7-9-16-8-5-6-10-17(16)23/h5-6,8,10H,4,7,9,11-15H2,1-3H3. The predicted octanol–water partition coefficient (Wildman–Crippen LogP) is 2.16. The largest absolute Gasteiger partial charge is 0.339 e. The van der Waals surface area contributed by atoms with Crippen molar-refractivity contribution < 1.29 is 9.59 Å². The number of para-hydroxylation sites is 1. The number of hydrogen-bond acceptors (Lipinski definition) is 3. The van der Waals surface area contributed by atoms with E-state index in [-0.39, 0.29) is 11.8 Å². The van der Waals surface area contributed by atoms with Gasteiger partial charge in [-0.3, -0.25) is 9.59 Å². The zero-order valence-electron chi connectivity index (χ0n) is 15.6. The minimum absolute atomic E-state index is 0.0451. The number of piperazine rings is 1. The van der Waals surface area contributed by atoms with E-state index in [1.807, 2.05) is 28.0 Å². The molecule has 1 aromatic carbocycles. The lowest BCUT2D eigenvalue weighted by Crippen LogP contribution is -2.56. The van der Waals surface area contributed by atoms with Crippen molar-refractivity contribution in [3.63, 3.8) is 0 Å². The average Bonchev–Trinajstić information content (AvgIpc) is 2.66. The number of carbonyl (C=O) groups excluding carboxylic acids is 2. The Kier molecular flexibility index (Phi) is 5.13. The highest BCUT2D eigenvalue weighted by molar-refractivity contribution is 6.11. The van der Waals surface area contributed by atoms with Gasteiger partial charge in [0.15, 0.2) is 0 Å². The van der Waals surface area contributed by atoms with Crippen LogP contribution in [0.1, 0.15) is 32.8 Å². The second kappa shape index (κ2) is 7.16. The van der Waals surface area contributed by atoms with Crippen LogP contribution in [0.3, 0.4) is 0 Å². The topological polar surface area (TPSA) is 43.9 Å². The first-order chi connectivity index (χ1) is 11.9. The van der Waals surface area contributed by atoms with Crippen LogP contribution in [0.5, 0.6) is 0 Å². The van der Waals surface area contributed by atoms with E-state index < -0.39 is 5.41 Å². The fraction of sp³-hybridized carbons (Fsp3) is 0.600. The Balaban J connectivity index is 1.76. The molecule has 0 aliphatic carbocycles. The van der Waals surface area contributed by atoms with Crippen molar-refractivity contribution in [2.75, 3.05) is 44.2 Å². The summed E-state index contributed by atoms with van der Waals surface area (Å²) in [4.78, 5) is 32.3. The fourth-order valence-corrected chi connectivity index (χ4v) is 3.84. The number of benzene rings is 1. The van der Waals surface area contributed by atoms with E-state index in [1.54, 1.807) is 13.8 Å². The average molecular weight is 343 g/mol. The van der Waals surface area contributed by atoms with Gasteiger partial charge < -0.3 is 14.7 Å². The van der Waals surface area contributed by atoms with E-state index in [0.717, 1.165) is 38.2 Å². The molecule has 5 heteroatoms. The summed E-state index contributed by atoms with van der Waals surface area (Å²) in [6, 6.07) is 8.04. The zero-order valence-corrected chi connectivity index (χ0v) is 15.6. The Hall–Kier alpha value is -1.88. The highest BCUT2D eigenvalue weighted by Crippen LogP contribution is 2.32. The fourth-order valence-electron chi connectivity index (χ4n) is 3.84. The van der Waals surface area contributed by atoms with Crippen molar-refractivity contribution in [3.05, 3.63) is 29.8 Å². The smallest absolute Gasteiger partial charge is 0.242 e. The first-order valence-corrected chi connectivity index (χ1v) is 9.36. The number of rotatable bonds is 3. The number of amides is 2. The van der Waals surface area contributed by atoms with Gasteiger partial charge in [-0.1, -0.05) is 25.1 Å². The van der Waals surface area contributed by atoms with Gasteiger partial charge in [-0.05, 0) is 44.9 Å². The monoisotopic (exact) mass is 343 g/mol. The van der Waals surface area contributed by atoms with Crippen LogP contribution in [0.15, 0.2) is 24.3 Å². The number of carbonyl (C=O) groups is 2. The van der Waals surface area contributed by atoms with Crippen LogP contribution in [-0.4, -0.2) is 60.9 Å². The minimum atomic E-state index is -1.03. The minimum Gasteiger partial charge on any atom is -0.339 e. The molecule has 0 atom stereocenters. The molecule has 0 N–H and O–H groups in total. The maximum atomic E-state index is 13.3. The van der Waals surface area contributed by atoms with Crippen LogP contribution in [-0.2, 0) is 16.0 Å². The molecule has 2 heterocycles. The number of anilines is 1. The molecule has 0 radical (unpaired) electrons. The number of likely N-dealkylation sites (N-methyl/N-ethyl adjacent to an activating group) is 1. The van der Waals surface area contributed by atoms with Gasteiger partial charge in [-0.2, -0.15) is 0 Å². The maximum absolute atomic E-state index is 13.3. The number of hydrogen-bond donors (Lipinski definition) is 0. The third-order valence-electron chi connectivity index (χ3n) is 5.53. The van der Waals surface area contributed by atoms with E-state index >= 15 is 0 Å². The second-order valence-corrected chi connectivity index (χ2v) is 7.54. The molecule has 0 bridgehead atoms. The quantitative estimate of drug-likeness (QED) is 0.790. The zero-order chi connectivity index (χ0) is 18.0. The molecule has 1 saturated heterocycles. The van der Waals surface area contributed by atoms with Crippen molar-refractivity contribution in [2.24, 2.45) is 5.41 Å². The summed E-state index contributed by atoms with van der Waals surface area (Å²) >= 11 is 0. The first kappa shape index (κ1) is 17.9. The summed E-state index contributed by atoms with van der Waals surface area (Å²) in [6.45, 7) is 10.6. The summed E-state index contributed by atoms with van der Waals surface area (Å²) in [5, 5.41) is 0. The molecule has 1 fully saturated rings. The normalized spacial score (nSPS) is 18.8. The van der Waals surface area contributed by atoms with Crippen molar-refractivity contribution in [1.29, 1.82) is 0 Å². The lowest BCUT2D eigenvalue weighted by Gasteiger charge is -2.40. The molecule has 0 aromatic heterocycles. The Morgan fingerprint density at radius 2 is 1.68 bits per heavy atom. The Morgan fingerprint density at radius 3 is 2.36 bits per heavy atom. The Morgan fingerprint density at radius 1 is 1.00 bits per heavy atom. The van der Waals surface area contributed by atoms with Crippen molar-refractivity contribution in [3.8, 4) is 0 Å². The Labute approximate surface area is 150 Å². The third-order valence-corrected chi connectivity index (χ3v) is 5.53. The predicted molar refractivity (Wildman–Crippen MR) is 99.6 cm³/mol. The molecule has 3 rings (SSSR count). The highest BCUT2D eigenvalue weighted by atomic mass is 16.2. The van der Waals surface area contributed by atoms with Crippen LogP contribution in [0.4, 0.5) is 5.69 Å². The van der Waals surface area contributed by atoms with E-state index in [0.29, 0.717) is 19.6 Å². The molecule has 136 valence electrons. The van der Waals surface area contributed by atoms with Crippen LogP contribution in [0.25, 0.3) is 0 Å². The van der Waals surface area contributed by atoms with Gasteiger partial charge in [0.25, 0.3) is 0 Å². The maximum Gasteiger partial charge on any atom is 0.242 e. The van der Waals surface area contributed by atoms with Crippen molar-refractivity contribution >= 4 is 17.5 Å². The molecular formula is C20H29N3O2. The van der Waals surface area contributed by atoms with Gasteiger partial charge in [-0.25, -0.2) is 0 Å². The van der Waals surface area contributed by atoms with Gasteiger partial charge >= 0.3 is 0 Å². The summed E-state index contributed by atoms with van der Waals surface area (Å²) in [6.07, 6.45) is 1.94. The van der Waals surface area contributed by atoms with Gasteiger partial charge in [0.1, 0.15) is 5.41 Å². The molecule has 2 aliphatic heterocycles. The van der Waals surface area contributed by atoms with E-state index in [9.17, 15) is 9.59 Å². The lowest BCUT2D eigenvalue weighted by molar-refractivity contribution is -0.148. The molecular weight excluding hydrogens is 314 g/mol. The van der Waals surface area contributed by atoms with E-state index in [2.05, 4.69) is 17.9 Å². The second-order valence-electron chi connectivity index (χ2n) is 7.54. The van der Waals surface area contributed by atoms with Crippen molar-refractivity contribution in [1.82, 2.24) is 9.80 Å². The SMILES string of the molecule is CCN1CCN(C(=O)C(C)(C)C(=O)N2CCCc3ccccc32)CC1. The highest BCUT2D eigenvalue weighted by Gasteiger charge is 2.43. The summed E-state index contributed by atoms with van der Waals surface area (Å²) in [5.74, 6) is -0.126. The molecule has 2 aliphatic rings. The third kappa shape index (κ3) is 3.43. The van der Waals surface area contributed by atoms with Crippen LogP contribution < -0.4 is 4.90 Å². The van der Waals surface area contributed by atoms with Crippen molar-refractivity contribution in [2.45, 2.75) is 33.6 Å². The first-order valence-electron chi connectivity index (χ1n) is 9.36. The molecule has 0 unspecified atom stereocenters. The molecule has 2 amide bonds. The van der Waals surface area contributed by atoms with Crippen LogP contribution in [0.2, 0.25) is 0 Å². The molecule has 0 saturated carbocycles. The summed E-state index contributed by atoms with van der Waals surface area (Å²) < 4.78 is 0. The van der Waals surface area contributed by atoms with E-state index in [4.69, 9.17) is 0 Å². The van der Waals surface area contributed by atoms with Gasteiger partial charge in [0.05, 0.1) is 0 Å². The van der Waals surface area contributed by atoms with Gasteiger partial charge in [-0.15, -0.1) is 0 Å². The summed E-state index contributed by atoms with van der Waals surface area (Å²) in [7, 11) is 0. The number of fused-ring (bicyclic) bond motifs is 1. The van der Waals surface area contributed by atoms with E-state index in [1.165, 1.54) is 5.56 Å². The number of nitrogens with zero attached hydrogens (tertiary/aromatic N) is 3. The van der Waals surface area contributed by atoms with Gasteiger partial charge in [0, 0.05) is 38.4 Å². The lowest BCUT2D eigenvalue weighted by atomic mass is 9.87.